The predicted octanol–water partition coefficient (Wildman–Crippen LogP) is 2.81. The molecule has 3 aromatic rings. The normalized spacial score (nSPS) is 11.8. The number of carbonyl (C=O) groups is 2. The number of nitrogens with one attached hydrogen (secondary N) is 1. The summed E-state index contributed by atoms with van der Waals surface area (Å²) in [7, 11) is 0. The van der Waals surface area contributed by atoms with Gasteiger partial charge in [0.15, 0.2) is 6.61 Å². The molecular weight excluding hydrogens is 334 g/mol. The van der Waals surface area contributed by atoms with Crippen LogP contribution in [0.2, 0.25) is 0 Å². The first kappa shape index (κ1) is 17.5. The van der Waals surface area contributed by atoms with Crippen LogP contribution in [0, 0.1) is 6.92 Å². The molecule has 0 aliphatic carbocycles. The van der Waals surface area contributed by atoms with Crippen molar-refractivity contribution >= 4 is 11.9 Å². The largest absolute Gasteiger partial charge is 0.467 e. The van der Waals surface area contributed by atoms with E-state index in [2.05, 4.69) is 10.4 Å². The molecular formula is C19H19N3O4. The number of amides is 1. The molecule has 1 amide bonds. The molecule has 2 aromatic heterocycles. The number of rotatable bonds is 6. The van der Waals surface area contributed by atoms with E-state index in [0.29, 0.717) is 11.3 Å². The van der Waals surface area contributed by atoms with Gasteiger partial charge in [-0.1, -0.05) is 0 Å². The van der Waals surface area contributed by atoms with E-state index in [-0.39, 0.29) is 12.6 Å². The highest BCUT2D eigenvalue weighted by molar-refractivity contribution is 5.91. The summed E-state index contributed by atoms with van der Waals surface area (Å²) >= 11 is 0. The van der Waals surface area contributed by atoms with Gasteiger partial charge in [0.1, 0.15) is 5.76 Å². The van der Waals surface area contributed by atoms with Crippen molar-refractivity contribution in [1.82, 2.24) is 15.1 Å². The molecule has 1 N–H and O–H groups in total. The molecule has 0 spiro atoms. The highest BCUT2D eigenvalue weighted by Gasteiger charge is 2.14. The van der Waals surface area contributed by atoms with Crippen molar-refractivity contribution in [2.45, 2.75) is 19.9 Å². The Labute approximate surface area is 150 Å². The zero-order valence-electron chi connectivity index (χ0n) is 14.5. The quantitative estimate of drug-likeness (QED) is 0.689. The molecule has 134 valence electrons. The van der Waals surface area contributed by atoms with Crippen LogP contribution < -0.4 is 5.32 Å². The smallest absolute Gasteiger partial charge is 0.338 e. The van der Waals surface area contributed by atoms with Crippen LogP contribution in [0.25, 0.3) is 5.69 Å². The Morgan fingerprint density at radius 3 is 2.62 bits per heavy atom. The van der Waals surface area contributed by atoms with Gasteiger partial charge in [-0.05, 0) is 56.3 Å². The van der Waals surface area contributed by atoms with Crippen LogP contribution >= 0.6 is 0 Å². The van der Waals surface area contributed by atoms with Gasteiger partial charge in [0.05, 0.1) is 23.6 Å². The molecule has 0 aliphatic rings. The molecule has 0 unspecified atom stereocenters. The van der Waals surface area contributed by atoms with E-state index in [1.54, 1.807) is 54.2 Å². The van der Waals surface area contributed by atoms with E-state index >= 15 is 0 Å². The number of aryl methyl sites for hydroxylation is 1. The first-order chi connectivity index (χ1) is 12.5. The second-order valence-electron chi connectivity index (χ2n) is 5.81. The minimum atomic E-state index is -0.561. The molecule has 0 saturated heterocycles. The third-order valence-corrected chi connectivity index (χ3v) is 3.86. The van der Waals surface area contributed by atoms with Crippen LogP contribution in [-0.2, 0) is 9.53 Å². The van der Waals surface area contributed by atoms with Crippen LogP contribution in [0.1, 0.15) is 34.8 Å². The number of carbonyl (C=O) groups excluding carboxylic acids is 2. The monoisotopic (exact) mass is 353 g/mol. The third kappa shape index (κ3) is 4.00. The SMILES string of the molecule is Cc1ccnn1-c1ccc(C(=O)OCC(=O)N[C@@H](C)c2ccco2)cc1. The molecule has 0 aliphatic heterocycles. The van der Waals surface area contributed by atoms with E-state index in [1.165, 1.54) is 6.26 Å². The predicted molar refractivity (Wildman–Crippen MR) is 93.8 cm³/mol. The van der Waals surface area contributed by atoms with Crippen molar-refractivity contribution in [2.75, 3.05) is 6.61 Å². The number of aromatic nitrogens is 2. The fraction of sp³-hybridized carbons (Fsp3) is 0.211. The Morgan fingerprint density at radius 1 is 1.23 bits per heavy atom. The molecule has 7 nitrogen and oxygen atoms in total. The summed E-state index contributed by atoms with van der Waals surface area (Å²) in [5.74, 6) is -0.324. The number of hydrogen-bond acceptors (Lipinski definition) is 5. The van der Waals surface area contributed by atoms with Gasteiger partial charge in [0.25, 0.3) is 5.91 Å². The van der Waals surface area contributed by atoms with Crippen molar-refractivity contribution < 1.29 is 18.7 Å². The lowest BCUT2D eigenvalue weighted by molar-refractivity contribution is -0.125. The van der Waals surface area contributed by atoms with Crippen LogP contribution in [-0.4, -0.2) is 28.3 Å². The second kappa shape index (κ2) is 7.69. The maximum atomic E-state index is 12.1. The average Bonchev–Trinajstić information content (AvgIpc) is 3.31. The average molecular weight is 353 g/mol. The van der Waals surface area contributed by atoms with Crippen molar-refractivity contribution in [3.63, 3.8) is 0 Å². The lowest BCUT2D eigenvalue weighted by Crippen LogP contribution is -2.30. The molecule has 0 radical (unpaired) electrons. The number of esters is 1. The Kier molecular flexibility index (Phi) is 5.17. The Bertz CT molecular complexity index is 882. The van der Waals surface area contributed by atoms with Gasteiger partial charge in [-0.15, -0.1) is 0 Å². The molecule has 1 atom stereocenters. The molecule has 0 saturated carbocycles. The van der Waals surface area contributed by atoms with Crippen molar-refractivity contribution in [3.05, 3.63) is 71.9 Å². The van der Waals surface area contributed by atoms with Gasteiger partial charge in [-0.2, -0.15) is 5.10 Å². The van der Waals surface area contributed by atoms with Gasteiger partial charge in [-0.25, -0.2) is 9.48 Å². The summed E-state index contributed by atoms with van der Waals surface area (Å²) < 4.78 is 12.0. The molecule has 0 fully saturated rings. The molecule has 3 rings (SSSR count). The summed E-state index contributed by atoms with van der Waals surface area (Å²) in [6.07, 6.45) is 3.24. The zero-order valence-corrected chi connectivity index (χ0v) is 14.5. The minimum absolute atomic E-state index is 0.298. The minimum Gasteiger partial charge on any atom is -0.467 e. The van der Waals surface area contributed by atoms with E-state index in [9.17, 15) is 9.59 Å². The van der Waals surface area contributed by atoms with E-state index in [0.717, 1.165) is 11.4 Å². The Balaban J connectivity index is 1.53. The van der Waals surface area contributed by atoms with Crippen molar-refractivity contribution in [3.8, 4) is 5.69 Å². The molecule has 7 heteroatoms. The van der Waals surface area contributed by atoms with Gasteiger partial charge in [0.2, 0.25) is 0 Å². The summed E-state index contributed by atoms with van der Waals surface area (Å²) in [4.78, 5) is 24.0. The van der Waals surface area contributed by atoms with Crippen molar-refractivity contribution in [1.29, 1.82) is 0 Å². The standard InChI is InChI=1S/C19H19N3O4/c1-13-9-10-20-22(13)16-7-5-15(6-8-16)19(24)26-12-18(23)21-14(2)17-4-3-11-25-17/h3-11,14H,12H2,1-2H3,(H,21,23)/t14-/m0/s1. The zero-order chi connectivity index (χ0) is 18.5. The van der Waals surface area contributed by atoms with Crippen LogP contribution in [0.3, 0.4) is 0 Å². The van der Waals surface area contributed by atoms with Gasteiger partial charge in [0, 0.05) is 11.9 Å². The summed E-state index contributed by atoms with van der Waals surface area (Å²) in [5, 5.41) is 6.91. The lowest BCUT2D eigenvalue weighted by Gasteiger charge is -2.11. The number of hydrogen-bond donors (Lipinski definition) is 1. The third-order valence-electron chi connectivity index (χ3n) is 3.86. The topological polar surface area (TPSA) is 86.4 Å². The van der Waals surface area contributed by atoms with Gasteiger partial charge in [-0.3, -0.25) is 4.79 Å². The molecule has 2 heterocycles. The number of benzene rings is 1. The maximum Gasteiger partial charge on any atom is 0.338 e. The van der Waals surface area contributed by atoms with E-state index in [4.69, 9.17) is 9.15 Å². The van der Waals surface area contributed by atoms with Crippen LogP contribution in [0.5, 0.6) is 0 Å². The number of nitrogens with zero attached hydrogens (tertiary/aromatic N) is 2. The van der Waals surface area contributed by atoms with E-state index in [1.807, 2.05) is 13.0 Å². The molecule has 0 bridgehead atoms. The molecule has 26 heavy (non-hydrogen) atoms. The fourth-order valence-electron chi connectivity index (χ4n) is 2.48. The Hall–Kier alpha value is -3.35. The molecule has 1 aromatic carbocycles. The van der Waals surface area contributed by atoms with Crippen LogP contribution in [0.4, 0.5) is 0 Å². The number of furan rings is 1. The summed E-state index contributed by atoms with van der Waals surface area (Å²) in [5.41, 5.74) is 2.20. The first-order valence-electron chi connectivity index (χ1n) is 8.15. The summed E-state index contributed by atoms with van der Waals surface area (Å²) in [6, 6.07) is 11.9. The van der Waals surface area contributed by atoms with Gasteiger partial charge < -0.3 is 14.5 Å². The van der Waals surface area contributed by atoms with Crippen LogP contribution in [0.15, 0.2) is 59.3 Å². The fourth-order valence-corrected chi connectivity index (χ4v) is 2.48. The number of ether oxygens (including phenoxy) is 1. The Morgan fingerprint density at radius 2 is 2.00 bits per heavy atom. The highest BCUT2D eigenvalue weighted by Crippen LogP contribution is 2.13. The first-order valence-corrected chi connectivity index (χ1v) is 8.15. The lowest BCUT2D eigenvalue weighted by atomic mass is 10.2. The van der Waals surface area contributed by atoms with Crippen molar-refractivity contribution in [2.24, 2.45) is 0 Å². The van der Waals surface area contributed by atoms with Gasteiger partial charge >= 0.3 is 5.97 Å². The van der Waals surface area contributed by atoms with E-state index < -0.39 is 11.9 Å². The summed E-state index contributed by atoms with van der Waals surface area (Å²) in [6.45, 7) is 3.37. The second-order valence-corrected chi connectivity index (χ2v) is 5.81. The highest BCUT2D eigenvalue weighted by atomic mass is 16.5. The maximum absolute atomic E-state index is 12.1.